The van der Waals surface area contributed by atoms with Gasteiger partial charge in [0.1, 0.15) is 0 Å². The molecule has 1 saturated carbocycles. The fourth-order valence-corrected chi connectivity index (χ4v) is 2.72. The summed E-state index contributed by atoms with van der Waals surface area (Å²) in [5.41, 5.74) is 0.467. The Labute approximate surface area is 108 Å². The molecule has 2 nitrogen and oxygen atoms in total. The van der Waals surface area contributed by atoms with Crippen LogP contribution in [0.1, 0.15) is 60.3 Å². The number of hydrogen-bond acceptors (Lipinski definition) is 2. The second kappa shape index (κ2) is 6.19. The largest absolute Gasteiger partial charge is 0.374 e. The number of nitrogens with one attached hydrogen (secondary N) is 1. The van der Waals surface area contributed by atoms with Crippen LogP contribution < -0.4 is 5.32 Å². The van der Waals surface area contributed by atoms with E-state index in [0.717, 1.165) is 5.92 Å². The van der Waals surface area contributed by atoms with Crippen molar-refractivity contribution in [2.24, 2.45) is 11.3 Å². The van der Waals surface area contributed by atoms with Gasteiger partial charge in [-0.2, -0.15) is 0 Å². The minimum absolute atomic E-state index is 0.316. The summed E-state index contributed by atoms with van der Waals surface area (Å²) >= 11 is 0. The Morgan fingerprint density at radius 3 is 2.00 bits per heavy atom. The molecule has 0 saturated heterocycles. The van der Waals surface area contributed by atoms with Crippen LogP contribution in [-0.2, 0) is 4.74 Å². The Bertz CT molecular complexity index is 213. The van der Waals surface area contributed by atoms with E-state index in [4.69, 9.17) is 4.74 Å². The van der Waals surface area contributed by atoms with E-state index in [1.807, 2.05) is 7.05 Å². The molecule has 17 heavy (non-hydrogen) atoms. The summed E-state index contributed by atoms with van der Waals surface area (Å²) in [6.07, 6.45) is 5.94. The molecule has 1 N–H and O–H groups in total. The average molecular weight is 241 g/mol. The van der Waals surface area contributed by atoms with E-state index in [1.54, 1.807) is 0 Å². The summed E-state index contributed by atoms with van der Waals surface area (Å²) < 4.78 is 6.14. The molecule has 1 unspecified atom stereocenters. The van der Waals surface area contributed by atoms with Gasteiger partial charge in [0.15, 0.2) is 0 Å². The Kier molecular flexibility index (Phi) is 5.46. The maximum Gasteiger partial charge on any atom is 0.0700 e. The molecule has 0 aromatic carbocycles. The first-order chi connectivity index (χ1) is 7.84. The lowest BCUT2D eigenvalue weighted by Crippen LogP contribution is -2.38. The van der Waals surface area contributed by atoms with Crippen LogP contribution in [0, 0.1) is 11.3 Å². The predicted molar refractivity (Wildman–Crippen MR) is 74.3 cm³/mol. The average Bonchev–Trinajstić information content (AvgIpc) is 2.27. The van der Waals surface area contributed by atoms with Crippen molar-refractivity contribution < 1.29 is 4.74 Å². The van der Waals surface area contributed by atoms with E-state index in [2.05, 4.69) is 39.9 Å². The fraction of sp³-hybridized carbons (Fsp3) is 1.00. The summed E-state index contributed by atoms with van der Waals surface area (Å²) in [5, 5.41) is 3.26. The van der Waals surface area contributed by atoms with Crippen molar-refractivity contribution in [1.82, 2.24) is 5.32 Å². The topological polar surface area (TPSA) is 21.3 Å². The maximum atomic E-state index is 6.14. The van der Waals surface area contributed by atoms with Gasteiger partial charge in [-0.3, -0.25) is 0 Å². The first-order valence-electron chi connectivity index (χ1n) is 7.17. The van der Waals surface area contributed by atoms with Crippen LogP contribution >= 0.6 is 0 Å². The highest BCUT2D eigenvalue weighted by atomic mass is 16.5. The molecule has 0 aromatic rings. The highest BCUT2D eigenvalue weighted by molar-refractivity contribution is 4.81. The van der Waals surface area contributed by atoms with Crippen LogP contribution in [0.15, 0.2) is 0 Å². The zero-order valence-electron chi connectivity index (χ0n) is 12.5. The molecule has 2 heteroatoms. The number of likely N-dealkylation sites (N-methyl/N-ethyl adjacent to an activating group) is 1. The standard InChI is InChI=1S/C15H31NO/c1-11(16-6)12(2)17-14-9-7-13(8-10-14)15(3,4)5/h11-14,16H,7-10H2,1-6H3/t11-,12?,13?,14?/m1/s1. The monoisotopic (exact) mass is 241 g/mol. The van der Waals surface area contributed by atoms with E-state index in [0.29, 0.717) is 23.7 Å². The summed E-state index contributed by atoms with van der Waals surface area (Å²) in [7, 11) is 2.00. The predicted octanol–water partition coefficient (Wildman–Crippen LogP) is 3.60. The van der Waals surface area contributed by atoms with Crippen LogP contribution in [0.25, 0.3) is 0 Å². The molecular weight excluding hydrogens is 210 g/mol. The van der Waals surface area contributed by atoms with Crippen molar-refractivity contribution in [2.75, 3.05) is 7.05 Å². The van der Waals surface area contributed by atoms with Crippen molar-refractivity contribution in [1.29, 1.82) is 0 Å². The highest BCUT2D eigenvalue weighted by Crippen LogP contribution is 2.38. The van der Waals surface area contributed by atoms with Crippen LogP contribution in [-0.4, -0.2) is 25.3 Å². The molecule has 2 atom stereocenters. The number of ether oxygens (including phenoxy) is 1. The first-order valence-corrected chi connectivity index (χ1v) is 7.17. The van der Waals surface area contributed by atoms with Gasteiger partial charge in [0.05, 0.1) is 12.2 Å². The highest BCUT2D eigenvalue weighted by Gasteiger charge is 2.30. The molecule has 0 heterocycles. The van der Waals surface area contributed by atoms with E-state index < -0.39 is 0 Å². The van der Waals surface area contributed by atoms with E-state index in [9.17, 15) is 0 Å². The van der Waals surface area contributed by atoms with Crippen LogP contribution in [0.3, 0.4) is 0 Å². The maximum absolute atomic E-state index is 6.14. The third-order valence-electron chi connectivity index (χ3n) is 4.47. The van der Waals surface area contributed by atoms with Gasteiger partial charge in [-0.25, -0.2) is 0 Å². The molecule has 1 aliphatic rings. The lowest BCUT2D eigenvalue weighted by molar-refractivity contribution is -0.0476. The summed E-state index contributed by atoms with van der Waals surface area (Å²) in [6.45, 7) is 11.5. The van der Waals surface area contributed by atoms with Crippen LogP contribution in [0.4, 0.5) is 0 Å². The number of hydrogen-bond donors (Lipinski definition) is 1. The number of rotatable bonds is 4. The van der Waals surface area contributed by atoms with Crippen molar-refractivity contribution in [3.8, 4) is 0 Å². The molecule has 1 aliphatic carbocycles. The smallest absolute Gasteiger partial charge is 0.0700 e. The van der Waals surface area contributed by atoms with Crippen molar-refractivity contribution >= 4 is 0 Å². The van der Waals surface area contributed by atoms with Gasteiger partial charge < -0.3 is 10.1 Å². The van der Waals surface area contributed by atoms with Gasteiger partial charge in [-0.15, -0.1) is 0 Å². The van der Waals surface area contributed by atoms with Gasteiger partial charge in [0.25, 0.3) is 0 Å². The molecule has 0 aliphatic heterocycles. The molecule has 0 aromatic heterocycles. The Balaban J connectivity index is 2.33. The summed E-state index contributed by atoms with van der Waals surface area (Å²) in [4.78, 5) is 0. The molecule has 1 fully saturated rings. The van der Waals surface area contributed by atoms with Gasteiger partial charge in [-0.1, -0.05) is 20.8 Å². The third-order valence-corrected chi connectivity index (χ3v) is 4.47. The fourth-order valence-electron chi connectivity index (χ4n) is 2.72. The van der Waals surface area contributed by atoms with Crippen LogP contribution in [0.5, 0.6) is 0 Å². The van der Waals surface area contributed by atoms with Gasteiger partial charge in [0, 0.05) is 6.04 Å². The van der Waals surface area contributed by atoms with Crippen molar-refractivity contribution in [3.05, 3.63) is 0 Å². The Morgan fingerprint density at radius 2 is 1.59 bits per heavy atom. The Hall–Kier alpha value is -0.0800. The lowest BCUT2D eigenvalue weighted by atomic mass is 9.72. The second-order valence-electron chi connectivity index (χ2n) is 6.76. The zero-order valence-corrected chi connectivity index (χ0v) is 12.5. The van der Waals surface area contributed by atoms with E-state index >= 15 is 0 Å². The van der Waals surface area contributed by atoms with Crippen LogP contribution in [0.2, 0.25) is 0 Å². The Morgan fingerprint density at radius 1 is 1.06 bits per heavy atom. The molecule has 0 bridgehead atoms. The normalized spacial score (nSPS) is 30.0. The molecule has 102 valence electrons. The molecule has 0 radical (unpaired) electrons. The van der Waals surface area contributed by atoms with E-state index in [1.165, 1.54) is 25.7 Å². The van der Waals surface area contributed by atoms with Gasteiger partial charge in [0.2, 0.25) is 0 Å². The lowest BCUT2D eigenvalue weighted by Gasteiger charge is -2.38. The van der Waals surface area contributed by atoms with E-state index in [-0.39, 0.29) is 0 Å². The zero-order chi connectivity index (χ0) is 13.1. The summed E-state index contributed by atoms with van der Waals surface area (Å²) in [6, 6.07) is 0.440. The van der Waals surface area contributed by atoms with Gasteiger partial charge in [-0.05, 0) is 57.9 Å². The quantitative estimate of drug-likeness (QED) is 0.812. The summed E-state index contributed by atoms with van der Waals surface area (Å²) in [5.74, 6) is 0.874. The molecule has 0 spiro atoms. The SMILES string of the molecule is CN[C@H](C)C(C)OC1CCC(C(C)(C)C)CC1. The van der Waals surface area contributed by atoms with Crippen molar-refractivity contribution in [2.45, 2.75) is 78.6 Å². The molecule has 1 rings (SSSR count). The minimum atomic E-state index is 0.316. The second-order valence-corrected chi connectivity index (χ2v) is 6.76. The van der Waals surface area contributed by atoms with Gasteiger partial charge >= 0.3 is 0 Å². The first kappa shape index (κ1) is 15.0. The third kappa shape index (κ3) is 4.59. The minimum Gasteiger partial charge on any atom is -0.374 e. The molecular formula is C15H31NO. The molecule has 0 amide bonds. The van der Waals surface area contributed by atoms with Crippen molar-refractivity contribution in [3.63, 3.8) is 0 Å².